The Balaban J connectivity index is 1.23. The number of imide groups is 1. The van der Waals surface area contributed by atoms with E-state index in [1.54, 1.807) is 54.7 Å². The normalized spacial score (nSPS) is 18.0. The first kappa shape index (κ1) is 24.7. The van der Waals surface area contributed by atoms with Crippen LogP contribution in [0.1, 0.15) is 39.0 Å². The number of urea groups is 1. The van der Waals surface area contributed by atoms with Gasteiger partial charge in [0.1, 0.15) is 23.6 Å². The Morgan fingerprint density at radius 2 is 1.85 bits per heavy atom. The van der Waals surface area contributed by atoms with Gasteiger partial charge in [-0.15, -0.1) is 0 Å². The van der Waals surface area contributed by atoms with Crippen LogP contribution in [0.5, 0.6) is 5.75 Å². The molecule has 5 aromatic rings. The maximum atomic E-state index is 14.1. The molecular formula is C32H26N4O5. The minimum Gasteiger partial charge on any atom is -0.497 e. The zero-order valence-corrected chi connectivity index (χ0v) is 22.2. The van der Waals surface area contributed by atoms with Crippen molar-refractivity contribution in [1.29, 1.82) is 0 Å². The third-order valence-corrected chi connectivity index (χ3v) is 7.85. The van der Waals surface area contributed by atoms with Crippen LogP contribution in [0.25, 0.3) is 10.9 Å². The van der Waals surface area contributed by atoms with E-state index in [4.69, 9.17) is 9.15 Å². The highest BCUT2D eigenvalue weighted by atomic mass is 16.5. The second kappa shape index (κ2) is 9.71. The van der Waals surface area contributed by atoms with Crippen LogP contribution in [0.15, 0.2) is 95.6 Å². The minimum absolute atomic E-state index is 0.258. The number of H-pyrrole nitrogens is 1. The molecule has 2 aliphatic rings. The number of ether oxygens (including phenoxy) is 1. The zero-order chi connectivity index (χ0) is 28.1. The molecule has 0 aliphatic carbocycles. The topological polar surface area (TPSA) is 108 Å². The van der Waals surface area contributed by atoms with E-state index in [-0.39, 0.29) is 18.4 Å². The number of anilines is 1. The number of methoxy groups -OCH3 is 1. The van der Waals surface area contributed by atoms with Gasteiger partial charge in [-0.2, -0.15) is 0 Å². The molecule has 2 N–H and O–H groups in total. The van der Waals surface area contributed by atoms with Crippen molar-refractivity contribution in [2.75, 3.05) is 12.0 Å². The first-order valence-electron chi connectivity index (χ1n) is 13.3. The molecule has 3 aromatic carbocycles. The fourth-order valence-corrected chi connectivity index (χ4v) is 5.91. The van der Waals surface area contributed by atoms with Crippen molar-refractivity contribution in [1.82, 2.24) is 15.2 Å². The minimum atomic E-state index is -0.679. The molecule has 2 atom stereocenters. The maximum absolute atomic E-state index is 14.1. The Bertz CT molecular complexity index is 1790. The predicted octanol–water partition coefficient (Wildman–Crippen LogP) is 5.18. The highest BCUT2D eigenvalue weighted by Crippen LogP contribution is 2.45. The van der Waals surface area contributed by atoms with Crippen LogP contribution < -0.4 is 15.0 Å². The van der Waals surface area contributed by atoms with Gasteiger partial charge in [0.25, 0.3) is 11.8 Å². The summed E-state index contributed by atoms with van der Waals surface area (Å²) in [5, 5.41) is 3.84. The van der Waals surface area contributed by atoms with Crippen LogP contribution in [0.3, 0.4) is 0 Å². The number of para-hydroxylation sites is 1. The molecule has 0 spiro atoms. The van der Waals surface area contributed by atoms with E-state index in [9.17, 15) is 14.4 Å². The molecule has 2 aromatic heterocycles. The van der Waals surface area contributed by atoms with E-state index < -0.39 is 18.1 Å². The van der Waals surface area contributed by atoms with Crippen LogP contribution >= 0.6 is 0 Å². The molecule has 4 amide bonds. The quantitative estimate of drug-likeness (QED) is 0.285. The van der Waals surface area contributed by atoms with Gasteiger partial charge in [-0.05, 0) is 65.7 Å². The number of benzene rings is 3. The fourth-order valence-electron chi connectivity index (χ4n) is 5.91. The summed E-state index contributed by atoms with van der Waals surface area (Å²) in [6.45, 7) is 0.258. The third-order valence-electron chi connectivity index (χ3n) is 7.85. The van der Waals surface area contributed by atoms with Crippen molar-refractivity contribution >= 4 is 34.4 Å². The number of nitrogens with one attached hydrogen (secondary N) is 2. The number of fused-ring (bicyclic) bond motifs is 4. The standard InChI is InChI=1S/C32H26N4O5/c1-40-22-7-4-6-20(16-22)29-28-25(24-9-2-3-10-26(24)34-28)17-27-31(38)35(32(39)36(27)29)21-13-11-19(12-14-21)30(37)33-18-23-8-5-15-41-23/h2-16,27,29,34H,17-18H2,1H3,(H,33,37)/t27-,29-/m0/s1. The molecule has 1 fully saturated rings. The Morgan fingerprint density at radius 1 is 1.02 bits per heavy atom. The number of furan rings is 1. The second-order valence-electron chi connectivity index (χ2n) is 10.1. The van der Waals surface area contributed by atoms with Crippen molar-refractivity contribution in [3.8, 4) is 5.75 Å². The van der Waals surface area contributed by atoms with Crippen molar-refractivity contribution < 1.29 is 23.5 Å². The van der Waals surface area contributed by atoms with Crippen molar-refractivity contribution in [2.24, 2.45) is 0 Å². The van der Waals surface area contributed by atoms with E-state index in [1.807, 2.05) is 48.5 Å². The van der Waals surface area contributed by atoms with Crippen LogP contribution in [-0.2, 0) is 17.8 Å². The van der Waals surface area contributed by atoms with Crippen molar-refractivity contribution in [3.05, 3.63) is 119 Å². The van der Waals surface area contributed by atoms with Crippen LogP contribution in [0.4, 0.5) is 10.5 Å². The molecule has 7 rings (SSSR count). The molecular weight excluding hydrogens is 520 g/mol. The number of hydrogen-bond acceptors (Lipinski definition) is 5. The highest BCUT2D eigenvalue weighted by Gasteiger charge is 2.53. The SMILES string of the molecule is COc1cccc([C@H]2c3[nH]c4ccccc4c3C[C@H]3C(=O)N(c4ccc(C(=O)NCc5ccco5)cc4)C(=O)N23)c1. The second-order valence-corrected chi connectivity index (χ2v) is 10.1. The van der Waals surface area contributed by atoms with E-state index in [2.05, 4.69) is 10.3 Å². The lowest BCUT2D eigenvalue weighted by Gasteiger charge is -2.36. The first-order valence-corrected chi connectivity index (χ1v) is 13.3. The van der Waals surface area contributed by atoms with E-state index in [1.165, 1.54) is 4.90 Å². The summed E-state index contributed by atoms with van der Waals surface area (Å²) in [7, 11) is 1.60. The molecule has 2 aliphatic heterocycles. The van der Waals surface area contributed by atoms with Gasteiger partial charge in [0, 0.05) is 28.6 Å². The average Bonchev–Trinajstić information content (AvgIpc) is 3.72. The summed E-state index contributed by atoms with van der Waals surface area (Å²) in [5.74, 6) is 0.725. The van der Waals surface area contributed by atoms with E-state index >= 15 is 0 Å². The molecule has 0 bridgehead atoms. The summed E-state index contributed by atoms with van der Waals surface area (Å²) in [6.07, 6.45) is 1.94. The molecule has 4 heterocycles. The van der Waals surface area contributed by atoms with Gasteiger partial charge < -0.3 is 19.5 Å². The summed E-state index contributed by atoms with van der Waals surface area (Å²) in [5.41, 5.74) is 4.55. The molecule has 9 heteroatoms. The van der Waals surface area contributed by atoms with Crippen LogP contribution in [-0.4, -0.2) is 40.9 Å². The maximum Gasteiger partial charge on any atom is 0.332 e. The Hall–Kier alpha value is -5.31. The van der Waals surface area contributed by atoms with Crippen molar-refractivity contribution in [2.45, 2.75) is 25.0 Å². The first-order chi connectivity index (χ1) is 20.0. The third kappa shape index (κ3) is 4.05. The summed E-state index contributed by atoms with van der Waals surface area (Å²) in [6, 6.07) is 24.0. The van der Waals surface area contributed by atoms with Crippen LogP contribution in [0.2, 0.25) is 0 Å². The Morgan fingerprint density at radius 3 is 2.63 bits per heavy atom. The van der Waals surface area contributed by atoms with Gasteiger partial charge in [-0.1, -0.05) is 30.3 Å². The van der Waals surface area contributed by atoms with Gasteiger partial charge in [-0.25, -0.2) is 9.69 Å². The number of amides is 4. The van der Waals surface area contributed by atoms with Gasteiger partial charge >= 0.3 is 6.03 Å². The lowest BCUT2D eigenvalue weighted by atomic mass is 9.89. The van der Waals surface area contributed by atoms with Gasteiger partial charge in [0.2, 0.25) is 0 Å². The zero-order valence-electron chi connectivity index (χ0n) is 22.2. The number of aromatic amines is 1. The Kier molecular flexibility index (Phi) is 5.85. The largest absolute Gasteiger partial charge is 0.497 e. The number of carbonyl (C=O) groups excluding carboxylic acids is 3. The molecule has 1 saturated heterocycles. The van der Waals surface area contributed by atoms with Gasteiger partial charge in [0.05, 0.1) is 25.6 Å². The summed E-state index contributed by atoms with van der Waals surface area (Å²) in [4.78, 5) is 47.0. The highest BCUT2D eigenvalue weighted by molar-refractivity contribution is 6.22. The number of nitrogens with zero attached hydrogens (tertiary/aromatic N) is 2. The molecule has 0 saturated carbocycles. The average molecular weight is 547 g/mol. The molecule has 204 valence electrons. The number of carbonyl (C=O) groups is 3. The van der Waals surface area contributed by atoms with E-state index in [0.717, 1.165) is 27.7 Å². The van der Waals surface area contributed by atoms with Crippen LogP contribution in [0, 0.1) is 0 Å². The molecule has 0 unspecified atom stereocenters. The van der Waals surface area contributed by atoms with Gasteiger partial charge in [0.15, 0.2) is 0 Å². The van der Waals surface area contributed by atoms with Gasteiger partial charge in [-0.3, -0.25) is 14.5 Å². The number of aromatic nitrogens is 1. The lowest BCUT2D eigenvalue weighted by Crippen LogP contribution is -2.44. The molecule has 41 heavy (non-hydrogen) atoms. The summed E-state index contributed by atoms with van der Waals surface area (Å²) >= 11 is 0. The number of rotatable bonds is 6. The Labute approximate surface area is 235 Å². The monoisotopic (exact) mass is 546 g/mol. The van der Waals surface area contributed by atoms with E-state index in [0.29, 0.717) is 29.2 Å². The fraction of sp³-hybridized carbons (Fsp3) is 0.156. The summed E-state index contributed by atoms with van der Waals surface area (Å²) < 4.78 is 10.7. The molecule has 0 radical (unpaired) electrons. The van der Waals surface area contributed by atoms with Crippen molar-refractivity contribution in [3.63, 3.8) is 0 Å². The smallest absolute Gasteiger partial charge is 0.332 e. The predicted molar refractivity (Wildman–Crippen MR) is 152 cm³/mol. The molecule has 9 nitrogen and oxygen atoms in total. The lowest BCUT2D eigenvalue weighted by molar-refractivity contribution is -0.120. The number of hydrogen-bond donors (Lipinski definition) is 2.